The van der Waals surface area contributed by atoms with Gasteiger partial charge in [0.25, 0.3) is 0 Å². The second-order valence-corrected chi connectivity index (χ2v) is 3.14. The van der Waals surface area contributed by atoms with E-state index in [4.69, 9.17) is 15.6 Å². The van der Waals surface area contributed by atoms with Crippen molar-refractivity contribution >= 4 is 11.9 Å². The van der Waals surface area contributed by atoms with Crippen LogP contribution in [0.25, 0.3) is 0 Å². The molecule has 0 aromatic heterocycles. The Morgan fingerprint density at radius 1 is 1.43 bits per heavy atom. The lowest BCUT2D eigenvalue weighted by Gasteiger charge is -2.27. The van der Waals surface area contributed by atoms with Crippen LogP contribution in [0.3, 0.4) is 0 Å². The average molecular weight is 202 g/mol. The first-order chi connectivity index (χ1) is 6.61. The van der Waals surface area contributed by atoms with Crippen molar-refractivity contribution < 1.29 is 19.4 Å². The smallest absolute Gasteiger partial charge is 0.321 e. The van der Waals surface area contributed by atoms with E-state index in [2.05, 4.69) is 0 Å². The number of morpholine rings is 1. The summed E-state index contributed by atoms with van der Waals surface area (Å²) < 4.78 is 5.06. The van der Waals surface area contributed by atoms with E-state index in [9.17, 15) is 9.59 Å². The first-order valence-corrected chi connectivity index (χ1v) is 4.45. The lowest BCUT2D eigenvalue weighted by molar-refractivity contribution is -0.143. The van der Waals surface area contributed by atoms with E-state index >= 15 is 0 Å². The molecule has 0 spiro atoms. The Bertz CT molecular complexity index is 225. The van der Waals surface area contributed by atoms with Gasteiger partial charge in [-0.25, -0.2) is 0 Å². The highest BCUT2D eigenvalue weighted by atomic mass is 16.5. The highest BCUT2D eigenvalue weighted by molar-refractivity contribution is 5.84. The molecule has 1 rings (SSSR count). The predicted octanol–water partition coefficient (Wildman–Crippen LogP) is -1.35. The van der Waals surface area contributed by atoms with E-state index in [1.165, 1.54) is 0 Å². The Hall–Kier alpha value is -1.14. The van der Waals surface area contributed by atoms with Crippen molar-refractivity contribution in [3.8, 4) is 0 Å². The third-order valence-corrected chi connectivity index (χ3v) is 2.08. The summed E-state index contributed by atoms with van der Waals surface area (Å²) in [5, 5.41) is 8.51. The molecule has 0 aliphatic carbocycles. The Balaban J connectivity index is 2.36. The van der Waals surface area contributed by atoms with Crippen LogP contribution in [0.15, 0.2) is 0 Å². The monoisotopic (exact) mass is 202 g/mol. The van der Waals surface area contributed by atoms with Gasteiger partial charge in [-0.2, -0.15) is 0 Å². The molecule has 80 valence electrons. The maximum Gasteiger partial charge on any atom is 0.321 e. The molecule has 0 bridgehead atoms. The van der Waals surface area contributed by atoms with Gasteiger partial charge in [0.15, 0.2) is 0 Å². The first-order valence-electron chi connectivity index (χ1n) is 4.45. The van der Waals surface area contributed by atoms with Crippen molar-refractivity contribution in [1.29, 1.82) is 0 Å². The molecule has 1 aliphatic heterocycles. The second kappa shape index (κ2) is 4.92. The van der Waals surface area contributed by atoms with E-state index in [1.54, 1.807) is 4.90 Å². The highest BCUT2D eigenvalue weighted by Crippen LogP contribution is 2.01. The van der Waals surface area contributed by atoms with Crippen LogP contribution in [0.2, 0.25) is 0 Å². The summed E-state index contributed by atoms with van der Waals surface area (Å²) in [7, 11) is 0. The third kappa shape index (κ3) is 2.97. The van der Waals surface area contributed by atoms with Crippen molar-refractivity contribution in [2.45, 2.75) is 12.5 Å². The van der Waals surface area contributed by atoms with Crippen molar-refractivity contribution in [1.82, 2.24) is 4.90 Å². The molecule has 1 heterocycles. The summed E-state index contributed by atoms with van der Waals surface area (Å²) in [5.41, 5.74) is 5.25. The fraction of sp³-hybridized carbons (Fsp3) is 0.750. The van der Waals surface area contributed by atoms with Crippen LogP contribution < -0.4 is 5.73 Å². The fourth-order valence-corrected chi connectivity index (χ4v) is 1.22. The molecule has 0 aromatic carbocycles. The molecule has 6 heteroatoms. The average Bonchev–Trinajstić information content (AvgIpc) is 2.19. The number of nitrogens with two attached hydrogens (primary N) is 1. The molecular weight excluding hydrogens is 188 g/mol. The molecule has 14 heavy (non-hydrogen) atoms. The van der Waals surface area contributed by atoms with Crippen molar-refractivity contribution in [2.75, 3.05) is 26.3 Å². The van der Waals surface area contributed by atoms with Crippen molar-refractivity contribution in [2.24, 2.45) is 5.73 Å². The van der Waals surface area contributed by atoms with Gasteiger partial charge in [-0.05, 0) is 0 Å². The number of rotatable bonds is 3. The van der Waals surface area contributed by atoms with Crippen LogP contribution in [0.5, 0.6) is 0 Å². The summed E-state index contributed by atoms with van der Waals surface area (Å²) in [6.45, 7) is 2.05. The molecule has 1 fully saturated rings. The third-order valence-electron chi connectivity index (χ3n) is 2.08. The normalized spacial score (nSPS) is 19.1. The number of ether oxygens (including phenoxy) is 1. The number of hydrogen-bond donors (Lipinski definition) is 2. The van der Waals surface area contributed by atoms with E-state index in [0.717, 1.165) is 0 Å². The number of carbonyl (C=O) groups is 2. The summed E-state index contributed by atoms with van der Waals surface area (Å²) in [5.74, 6) is -1.37. The predicted molar refractivity (Wildman–Crippen MR) is 47.6 cm³/mol. The van der Waals surface area contributed by atoms with Crippen molar-refractivity contribution in [3.05, 3.63) is 0 Å². The van der Waals surface area contributed by atoms with Gasteiger partial charge < -0.3 is 20.5 Å². The van der Waals surface area contributed by atoms with E-state index < -0.39 is 12.0 Å². The van der Waals surface area contributed by atoms with E-state index in [1.807, 2.05) is 0 Å². The van der Waals surface area contributed by atoms with Gasteiger partial charge in [-0.1, -0.05) is 0 Å². The molecule has 1 aliphatic rings. The highest BCUT2D eigenvalue weighted by Gasteiger charge is 2.22. The zero-order valence-electron chi connectivity index (χ0n) is 7.81. The van der Waals surface area contributed by atoms with E-state index in [-0.39, 0.29) is 12.3 Å². The minimum absolute atomic E-state index is 0.144. The molecule has 1 amide bonds. The number of aliphatic carboxylic acids is 1. The maximum absolute atomic E-state index is 11.4. The van der Waals surface area contributed by atoms with Crippen LogP contribution in [-0.2, 0) is 14.3 Å². The lowest BCUT2D eigenvalue weighted by Crippen LogP contribution is -2.44. The number of carbonyl (C=O) groups excluding carboxylic acids is 1. The molecule has 3 N–H and O–H groups in total. The quantitative estimate of drug-likeness (QED) is 0.590. The molecule has 0 radical (unpaired) electrons. The minimum Gasteiger partial charge on any atom is -0.480 e. The maximum atomic E-state index is 11.4. The van der Waals surface area contributed by atoms with Gasteiger partial charge in [0, 0.05) is 13.1 Å². The second-order valence-electron chi connectivity index (χ2n) is 3.14. The van der Waals surface area contributed by atoms with Gasteiger partial charge in [0.2, 0.25) is 5.91 Å². The topological polar surface area (TPSA) is 92.9 Å². The molecule has 0 unspecified atom stereocenters. The SMILES string of the molecule is N[C@H](CC(=O)N1CCOCC1)C(=O)O. The van der Waals surface area contributed by atoms with Crippen LogP contribution >= 0.6 is 0 Å². The van der Waals surface area contributed by atoms with Crippen LogP contribution in [-0.4, -0.2) is 54.2 Å². The molecule has 6 nitrogen and oxygen atoms in total. The van der Waals surface area contributed by atoms with Crippen LogP contribution in [0.4, 0.5) is 0 Å². The standard InChI is InChI=1S/C8H14N2O4/c9-6(8(12)13)5-7(11)10-1-3-14-4-2-10/h6H,1-5,9H2,(H,12,13)/t6-/m1/s1. The van der Waals surface area contributed by atoms with Gasteiger partial charge in [0.1, 0.15) is 6.04 Å². The molecule has 1 atom stereocenters. The molecular formula is C8H14N2O4. The number of carboxylic acids is 1. The summed E-state index contributed by atoms with van der Waals surface area (Å²) in [4.78, 5) is 23.4. The molecule has 0 saturated carbocycles. The number of amides is 1. The van der Waals surface area contributed by atoms with E-state index in [0.29, 0.717) is 26.3 Å². The number of hydrogen-bond acceptors (Lipinski definition) is 4. The summed E-state index contributed by atoms with van der Waals surface area (Å²) >= 11 is 0. The molecule has 1 saturated heterocycles. The Labute approximate surface area is 81.6 Å². The zero-order chi connectivity index (χ0) is 10.6. The number of carboxylic acid groups (broad SMARTS) is 1. The Morgan fingerprint density at radius 3 is 2.50 bits per heavy atom. The van der Waals surface area contributed by atoms with Gasteiger partial charge in [0.05, 0.1) is 19.6 Å². The number of nitrogens with zero attached hydrogens (tertiary/aromatic N) is 1. The zero-order valence-corrected chi connectivity index (χ0v) is 7.81. The minimum atomic E-state index is -1.15. The summed E-state index contributed by atoms with van der Waals surface area (Å²) in [6.07, 6.45) is -0.144. The summed E-state index contributed by atoms with van der Waals surface area (Å²) in [6, 6.07) is -1.11. The fourth-order valence-electron chi connectivity index (χ4n) is 1.22. The first kappa shape index (κ1) is 10.9. The van der Waals surface area contributed by atoms with Gasteiger partial charge >= 0.3 is 5.97 Å². The van der Waals surface area contributed by atoms with Gasteiger partial charge in [-0.15, -0.1) is 0 Å². The van der Waals surface area contributed by atoms with Crippen LogP contribution in [0.1, 0.15) is 6.42 Å². The Kier molecular flexibility index (Phi) is 3.84. The Morgan fingerprint density at radius 2 is 2.00 bits per heavy atom. The largest absolute Gasteiger partial charge is 0.480 e. The lowest BCUT2D eigenvalue weighted by atomic mass is 10.2. The van der Waals surface area contributed by atoms with Gasteiger partial charge in [-0.3, -0.25) is 9.59 Å². The van der Waals surface area contributed by atoms with Crippen molar-refractivity contribution in [3.63, 3.8) is 0 Å². The molecule has 0 aromatic rings. The van der Waals surface area contributed by atoms with Crippen LogP contribution in [0, 0.1) is 0 Å².